The topological polar surface area (TPSA) is 12.4 Å². The summed E-state index contributed by atoms with van der Waals surface area (Å²) in [6.07, 6.45) is 11.1. The Morgan fingerprint density at radius 2 is 1.46 bits per heavy atom. The molecule has 0 aromatic heterocycles. The maximum atomic E-state index is 4.62. The van der Waals surface area contributed by atoms with E-state index < -0.39 is 0 Å². The molecule has 0 spiro atoms. The van der Waals surface area contributed by atoms with Crippen molar-refractivity contribution < 1.29 is 0 Å². The fourth-order valence-electron chi connectivity index (χ4n) is 4.12. The van der Waals surface area contributed by atoms with Gasteiger partial charge in [-0.1, -0.05) is 56.6 Å². The van der Waals surface area contributed by atoms with Gasteiger partial charge in [-0.2, -0.15) is 4.99 Å². The second kappa shape index (κ2) is 11.0. The third-order valence-electron chi connectivity index (χ3n) is 5.84. The quantitative estimate of drug-likeness (QED) is 0.214. The summed E-state index contributed by atoms with van der Waals surface area (Å²) in [7, 11) is 0. The van der Waals surface area contributed by atoms with Crippen molar-refractivity contribution in [3.63, 3.8) is 0 Å². The van der Waals surface area contributed by atoms with Gasteiger partial charge in [0.15, 0.2) is 0 Å². The summed E-state index contributed by atoms with van der Waals surface area (Å²) < 4.78 is 0. The molecule has 0 heterocycles. The molecule has 1 aliphatic rings. The highest BCUT2D eigenvalue weighted by Gasteiger charge is 2.21. The second-order valence-electron chi connectivity index (χ2n) is 7.84. The van der Waals surface area contributed by atoms with E-state index >= 15 is 0 Å². The lowest BCUT2D eigenvalue weighted by molar-refractivity contribution is 0.303. The summed E-state index contributed by atoms with van der Waals surface area (Å²) in [5.74, 6) is 8.18. The first kappa shape index (κ1) is 20.5. The van der Waals surface area contributed by atoms with Gasteiger partial charge in [-0.15, -0.1) is 0 Å². The van der Waals surface area contributed by atoms with Gasteiger partial charge in [-0.3, -0.25) is 0 Å². The van der Waals surface area contributed by atoms with Crippen LogP contribution in [0.15, 0.2) is 53.5 Å². The highest BCUT2D eigenvalue weighted by molar-refractivity contribution is 7.78. The van der Waals surface area contributed by atoms with Crippen LogP contribution in [0.5, 0.6) is 0 Å². The number of thiocarbonyl (C=S) groups is 1. The van der Waals surface area contributed by atoms with Gasteiger partial charge in [0.2, 0.25) is 0 Å². The van der Waals surface area contributed by atoms with Crippen LogP contribution in [-0.4, -0.2) is 5.16 Å². The van der Waals surface area contributed by atoms with Crippen LogP contribution in [0, 0.1) is 17.8 Å². The minimum atomic E-state index is 0.735. The molecule has 1 fully saturated rings. The summed E-state index contributed by atoms with van der Waals surface area (Å²) in [5.41, 5.74) is 4.34. The minimum Gasteiger partial charge on any atom is -0.195 e. The molecular weight excluding hydrogens is 358 g/mol. The van der Waals surface area contributed by atoms with Crippen LogP contribution in [-0.2, 0) is 0 Å². The van der Waals surface area contributed by atoms with Gasteiger partial charge < -0.3 is 0 Å². The zero-order chi connectivity index (χ0) is 19.6. The number of rotatable bonds is 6. The van der Waals surface area contributed by atoms with Gasteiger partial charge >= 0.3 is 0 Å². The minimum absolute atomic E-state index is 0.735. The Bertz CT molecular complexity index is 840. The fourth-order valence-corrected chi connectivity index (χ4v) is 4.23. The van der Waals surface area contributed by atoms with Crippen molar-refractivity contribution in [1.82, 2.24) is 0 Å². The first-order valence-corrected chi connectivity index (χ1v) is 11.0. The molecule has 0 unspecified atom stereocenters. The number of benzene rings is 2. The predicted octanol–water partition coefficient (Wildman–Crippen LogP) is 7.67. The summed E-state index contributed by atoms with van der Waals surface area (Å²) in [6.45, 7) is 2.29. The maximum Gasteiger partial charge on any atom is 0.0740 e. The van der Waals surface area contributed by atoms with Gasteiger partial charge in [-0.05, 0) is 91.7 Å². The van der Waals surface area contributed by atoms with E-state index in [1.165, 1.54) is 56.9 Å². The van der Waals surface area contributed by atoms with Crippen LogP contribution in [0.25, 0.3) is 0 Å². The Morgan fingerprint density at radius 1 is 0.857 bits per heavy atom. The lowest BCUT2D eigenvalue weighted by Gasteiger charge is -2.29. The summed E-state index contributed by atoms with van der Waals surface area (Å²) >= 11 is 4.62. The van der Waals surface area contributed by atoms with Crippen LogP contribution >= 0.6 is 12.2 Å². The van der Waals surface area contributed by atoms with Gasteiger partial charge in [0.25, 0.3) is 0 Å². The van der Waals surface area contributed by atoms with Crippen LogP contribution in [0.1, 0.15) is 80.9 Å². The summed E-state index contributed by atoms with van der Waals surface area (Å²) in [6, 6.07) is 16.6. The lowest BCUT2D eigenvalue weighted by Crippen LogP contribution is -2.13. The van der Waals surface area contributed by atoms with Gasteiger partial charge in [-0.25, -0.2) is 0 Å². The number of unbranched alkanes of at least 4 members (excludes halogenated alkanes) is 2. The Labute approximate surface area is 175 Å². The van der Waals surface area contributed by atoms with Crippen molar-refractivity contribution in [2.24, 2.45) is 10.9 Å². The van der Waals surface area contributed by atoms with E-state index in [-0.39, 0.29) is 0 Å². The molecule has 0 aliphatic heterocycles. The van der Waals surface area contributed by atoms with Crippen LogP contribution in [0.2, 0.25) is 0 Å². The monoisotopic (exact) mass is 387 g/mol. The molecule has 0 saturated heterocycles. The van der Waals surface area contributed by atoms with Crippen molar-refractivity contribution >= 4 is 23.1 Å². The van der Waals surface area contributed by atoms with Crippen molar-refractivity contribution in [2.75, 3.05) is 0 Å². The number of aliphatic imine (C=N–C) groups is 1. The molecule has 3 rings (SSSR count). The molecule has 2 aromatic rings. The van der Waals surface area contributed by atoms with Crippen molar-refractivity contribution in [3.05, 3.63) is 65.2 Å². The highest BCUT2D eigenvalue weighted by Crippen LogP contribution is 2.37. The predicted molar refractivity (Wildman–Crippen MR) is 122 cm³/mol. The Kier molecular flexibility index (Phi) is 8.04. The van der Waals surface area contributed by atoms with E-state index in [9.17, 15) is 0 Å². The highest BCUT2D eigenvalue weighted by atomic mass is 32.1. The van der Waals surface area contributed by atoms with E-state index in [4.69, 9.17) is 0 Å². The molecule has 0 bridgehead atoms. The molecule has 1 saturated carbocycles. The zero-order valence-electron chi connectivity index (χ0n) is 16.8. The Balaban J connectivity index is 1.54. The molecule has 144 valence electrons. The zero-order valence-corrected chi connectivity index (χ0v) is 17.6. The van der Waals surface area contributed by atoms with E-state index in [1.807, 2.05) is 24.3 Å². The average molecular weight is 388 g/mol. The van der Waals surface area contributed by atoms with Gasteiger partial charge in [0.05, 0.1) is 10.8 Å². The Morgan fingerprint density at radius 3 is 2.04 bits per heavy atom. The molecule has 0 N–H and O–H groups in total. The smallest absolute Gasteiger partial charge is 0.0740 e. The van der Waals surface area contributed by atoms with Crippen LogP contribution < -0.4 is 0 Å². The van der Waals surface area contributed by atoms with Crippen LogP contribution in [0.4, 0.5) is 5.69 Å². The maximum absolute atomic E-state index is 4.62. The third kappa shape index (κ3) is 6.16. The molecule has 1 aliphatic carbocycles. The van der Waals surface area contributed by atoms with E-state index in [2.05, 4.69) is 65.4 Å². The largest absolute Gasteiger partial charge is 0.195 e. The molecular formula is C26H29NS. The number of isothiocyanates is 1. The molecule has 0 atom stereocenters. The van der Waals surface area contributed by atoms with Crippen LogP contribution in [0.3, 0.4) is 0 Å². The standard InChI is InChI=1S/C26H29NS/c1-2-3-4-5-21-8-14-24(15-9-21)25-16-10-22(11-17-25)6-7-23-12-18-26(19-13-23)27-20-28/h10-13,16-19,21,24H,2-5,8-9,14-15H2,1H3. The fraction of sp³-hybridized carbons (Fsp3) is 0.423. The van der Waals surface area contributed by atoms with E-state index in [0.717, 1.165) is 28.7 Å². The average Bonchev–Trinajstić information content (AvgIpc) is 2.75. The van der Waals surface area contributed by atoms with E-state index in [0.29, 0.717) is 0 Å². The SMILES string of the molecule is CCCCCC1CCC(c2ccc(C#Cc3ccc(N=C=S)cc3)cc2)CC1. The second-order valence-corrected chi connectivity index (χ2v) is 8.02. The van der Waals surface area contributed by atoms with Crippen molar-refractivity contribution in [3.8, 4) is 11.8 Å². The number of hydrogen-bond donors (Lipinski definition) is 0. The molecule has 0 radical (unpaired) electrons. The summed E-state index contributed by atoms with van der Waals surface area (Å²) in [4.78, 5) is 3.96. The lowest BCUT2D eigenvalue weighted by atomic mass is 9.77. The first-order chi connectivity index (χ1) is 13.8. The molecule has 2 heteroatoms. The molecule has 28 heavy (non-hydrogen) atoms. The number of hydrogen-bond acceptors (Lipinski definition) is 2. The molecule has 2 aromatic carbocycles. The molecule has 1 nitrogen and oxygen atoms in total. The van der Waals surface area contributed by atoms with Crippen molar-refractivity contribution in [2.45, 2.75) is 64.2 Å². The van der Waals surface area contributed by atoms with Gasteiger partial charge in [0, 0.05) is 11.1 Å². The molecule has 0 amide bonds. The Hall–Kier alpha value is -2.20. The van der Waals surface area contributed by atoms with Gasteiger partial charge in [0.1, 0.15) is 0 Å². The van der Waals surface area contributed by atoms with E-state index in [1.54, 1.807) is 0 Å². The van der Waals surface area contributed by atoms with Crippen molar-refractivity contribution in [1.29, 1.82) is 0 Å². The first-order valence-electron chi connectivity index (χ1n) is 10.6. The number of nitrogens with zero attached hydrogens (tertiary/aromatic N) is 1. The third-order valence-corrected chi connectivity index (χ3v) is 5.93. The normalized spacial score (nSPS) is 18.6. The summed E-state index contributed by atoms with van der Waals surface area (Å²) in [5, 5.41) is 2.38.